The minimum absolute atomic E-state index is 0.385. The van der Waals surface area contributed by atoms with Crippen LogP contribution < -0.4 is 16.0 Å². The van der Waals surface area contributed by atoms with Crippen molar-refractivity contribution in [2.24, 2.45) is 5.73 Å². The number of nitrogens with zero attached hydrogens (tertiary/aromatic N) is 1. The summed E-state index contributed by atoms with van der Waals surface area (Å²) in [7, 11) is 0. The normalized spacial score (nSPS) is 23.4. The molecule has 0 saturated heterocycles. The van der Waals surface area contributed by atoms with E-state index in [4.69, 9.17) is 10.5 Å². The zero-order valence-electron chi connectivity index (χ0n) is 12.2. The second-order valence-corrected chi connectivity index (χ2v) is 5.78. The van der Waals surface area contributed by atoms with E-state index in [1.807, 2.05) is 12.1 Å². The Morgan fingerprint density at radius 1 is 1.33 bits per heavy atom. The van der Waals surface area contributed by atoms with Gasteiger partial charge in [0.25, 0.3) is 0 Å². The van der Waals surface area contributed by atoms with E-state index >= 15 is 0 Å². The summed E-state index contributed by atoms with van der Waals surface area (Å²) >= 11 is 0. The quantitative estimate of drug-likeness (QED) is 0.822. The molecule has 1 fully saturated rings. The molecule has 1 heterocycles. The highest BCUT2D eigenvalue weighted by Crippen LogP contribution is 2.28. The Hall–Kier alpha value is -1.59. The highest BCUT2D eigenvalue weighted by molar-refractivity contribution is 5.92. The first-order valence-electron chi connectivity index (χ1n) is 7.71. The molecular weight excluding hydrogens is 266 g/mol. The monoisotopic (exact) mass is 288 g/mol. The van der Waals surface area contributed by atoms with Crippen LogP contribution in [0.15, 0.2) is 18.2 Å². The smallest absolute Gasteiger partial charge is 0.322 e. The number of fused-ring (bicyclic) bond motifs is 1. The number of nitrogens with one attached hydrogen (secondary N) is 1. The first-order chi connectivity index (χ1) is 10.3. The minimum Gasteiger partial charge on any atom is -0.351 e. The molecule has 1 aliphatic carbocycles. The summed E-state index contributed by atoms with van der Waals surface area (Å²) in [5, 5.41) is 3.46. The summed E-state index contributed by atoms with van der Waals surface area (Å²) in [5.41, 5.74) is 7.32. The van der Waals surface area contributed by atoms with Gasteiger partial charge in [-0.1, -0.05) is 31.7 Å². The van der Waals surface area contributed by atoms with Gasteiger partial charge in [-0.25, -0.2) is 4.79 Å². The first-order valence-corrected chi connectivity index (χ1v) is 7.71. The Balaban J connectivity index is 1.77. The summed E-state index contributed by atoms with van der Waals surface area (Å²) in [6.45, 7) is 0.473. The van der Waals surface area contributed by atoms with Crippen LogP contribution in [-0.4, -0.2) is 18.4 Å². The van der Waals surface area contributed by atoms with E-state index in [0.717, 1.165) is 24.1 Å². The maximum absolute atomic E-state index is 11.9. The van der Waals surface area contributed by atoms with Crippen molar-refractivity contribution >= 4 is 11.7 Å². The number of benzene rings is 1. The summed E-state index contributed by atoms with van der Waals surface area (Å²) in [6, 6.07) is 8.40. The Kier molecular flexibility index (Phi) is 4.41. The molecule has 1 aromatic rings. The van der Waals surface area contributed by atoms with E-state index in [1.54, 1.807) is 6.07 Å². The van der Waals surface area contributed by atoms with Gasteiger partial charge in [-0.2, -0.15) is 0 Å². The van der Waals surface area contributed by atoms with Gasteiger partial charge in [-0.05, 0) is 31.0 Å². The molecule has 1 aromatic carbocycles. The van der Waals surface area contributed by atoms with Gasteiger partial charge in [-0.3, -0.25) is 10.2 Å². The topological polar surface area (TPSA) is 67.6 Å². The molecule has 0 aromatic heterocycles. The number of rotatable bonds is 2. The van der Waals surface area contributed by atoms with Gasteiger partial charge in [0.2, 0.25) is 0 Å². The average molecular weight is 288 g/mol. The van der Waals surface area contributed by atoms with Crippen molar-refractivity contribution in [3.8, 4) is 0 Å². The molecule has 1 saturated carbocycles. The number of nitrogens with two attached hydrogens (primary N) is 1. The van der Waals surface area contributed by atoms with Crippen molar-refractivity contribution < 1.29 is 9.53 Å². The molecule has 3 rings (SSSR count). The van der Waals surface area contributed by atoms with Crippen LogP contribution in [0.2, 0.25) is 0 Å². The molecule has 1 atom stereocenters. The number of hydrogen-bond acceptors (Lipinski definition) is 3. The molecule has 1 radical (unpaired) electrons. The Bertz CT molecular complexity index is 498. The fourth-order valence-electron chi connectivity index (χ4n) is 3.18. The van der Waals surface area contributed by atoms with Gasteiger partial charge in [0, 0.05) is 11.6 Å². The molecule has 1 unspecified atom stereocenters. The van der Waals surface area contributed by atoms with E-state index in [9.17, 15) is 4.79 Å². The van der Waals surface area contributed by atoms with Crippen molar-refractivity contribution in [2.45, 2.75) is 57.5 Å². The van der Waals surface area contributed by atoms with Gasteiger partial charge >= 0.3 is 6.03 Å². The van der Waals surface area contributed by atoms with Crippen LogP contribution >= 0.6 is 0 Å². The van der Waals surface area contributed by atoms with E-state index < -0.39 is 12.4 Å². The number of primary amides is 1. The minimum atomic E-state index is -0.492. The van der Waals surface area contributed by atoms with Crippen molar-refractivity contribution in [1.82, 2.24) is 5.32 Å². The van der Waals surface area contributed by atoms with Crippen LogP contribution in [0, 0.1) is 6.07 Å². The molecule has 3 N–H and O–H groups in total. The molecule has 0 spiro atoms. The molecule has 2 aliphatic rings. The van der Waals surface area contributed by atoms with Crippen molar-refractivity contribution in [2.75, 3.05) is 4.90 Å². The predicted octanol–water partition coefficient (Wildman–Crippen LogP) is 2.50. The molecular formula is C16H22N3O2. The van der Waals surface area contributed by atoms with Crippen LogP contribution in [0.1, 0.15) is 44.1 Å². The Morgan fingerprint density at radius 2 is 2.10 bits per heavy atom. The number of carbonyl (C=O) groups is 1. The third kappa shape index (κ3) is 3.19. The zero-order valence-corrected chi connectivity index (χ0v) is 12.2. The highest BCUT2D eigenvalue weighted by Gasteiger charge is 2.32. The molecule has 21 heavy (non-hydrogen) atoms. The van der Waals surface area contributed by atoms with Gasteiger partial charge in [0.1, 0.15) is 0 Å². The lowest BCUT2D eigenvalue weighted by Gasteiger charge is -2.38. The molecule has 5 nitrogen and oxygen atoms in total. The molecule has 0 bridgehead atoms. The summed E-state index contributed by atoms with van der Waals surface area (Å²) < 4.78 is 5.82. The number of amides is 2. The zero-order chi connectivity index (χ0) is 14.7. The van der Waals surface area contributed by atoms with E-state index in [0.29, 0.717) is 12.6 Å². The van der Waals surface area contributed by atoms with E-state index in [1.165, 1.54) is 30.6 Å². The summed E-state index contributed by atoms with van der Waals surface area (Å²) in [6.07, 6.45) is 6.83. The maximum atomic E-state index is 11.9. The lowest BCUT2D eigenvalue weighted by molar-refractivity contribution is 0.00308. The molecule has 2 amide bonds. The number of anilines is 1. The second-order valence-electron chi connectivity index (χ2n) is 5.78. The largest absolute Gasteiger partial charge is 0.351 e. The highest BCUT2D eigenvalue weighted by atomic mass is 16.5. The number of carbonyl (C=O) groups excluding carboxylic acids is 1. The van der Waals surface area contributed by atoms with Crippen molar-refractivity contribution in [3.05, 3.63) is 29.8 Å². The SMILES string of the molecule is NC(=O)N1c2cc[c]cc2COC1NC1CCCCCC1. The van der Waals surface area contributed by atoms with Gasteiger partial charge < -0.3 is 10.5 Å². The van der Waals surface area contributed by atoms with Crippen molar-refractivity contribution in [3.63, 3.8) is 0 Å². The van der Waals surface area contributed by atoms with Crippen LogP contribution in [0.5, 0.6) is 0 Å². The Labute approximate surface area is 125 Å². The lowest BCUT2D eigenvalue weighted by atomic mass is 10.1. The standard InChI is InChI=1S/C16H22N3O2/c17-15(20)19-14-10-6-5-7-12(14)11-21-16(19)18-13-8-3-1-2-4-9-13/h6-7,10,13,16,18H,1-4,8-9,11H2,(H2,17,20). The number of ether oxygens (including phenoxy) is 1. The van der Waals surface area contributed by atoms with Gasteiger partial charge in [0.15, 0.2) is 6.35 Å². The third-order valence-corrected chi connectivity index (χ3v) is 4.29. The Morgan fingerprint density at radius 3 is 2.81 bits per heavy atom. The van der Waals surface area contributed by atoms with Crippen LogP contribution in [0.25, 0.3) is 0 Å². The lowest BCUT2D eigenvalue weighted by Crippen LogP contribution is -2.57. The van der Waals surface area contributed by atoms with E-state index in [2.05, 4.69) is 11.4 Å². The van der Waals surface area contributed by atoms with Crippen LogP contribution in [-0.2, 0) is 11.3 Å². The van der Waals surface area contributed by atoms with Crippen LogP contribution in [0.4, 0.5) is 10.5 Å². The fraction of sp³-hybridized carbons (Fsp3) is 0.562. The fourth-order valence-corrected chi connectivity index (χ4v) is 3.18. The predicted molar refractivity (Wildman–Crippen MR) is 80.5 cm³/mol. The molecule has 1 aliphatic heterocycles. The first kappa shape index (κ1) is 14.4. The van der Waals surface area contributed by atoms with Crippen LogP contribution in [0.3, 0.4) is 0 Å². The van der Waals surface area contributed by atoms with Gasteiger partial charge in [-0.15, -0.1) is 0 Å². The van der Waals surface area contributed by atoms with Gasteiger partial charge in [0.05, 0.1) is 12.3 Å². The second kappa shape index (κ2) is 6.45. The summed E-state index contributed by atoms with van der Waals surface area (Å²) in [4.78, 5) is 13.4. The van der Waals surface area contributed by atoms with E-state index in [-0.39, 0.29) is 0 Å². The maximum Gasteiger partial charge on any atom is 0.322 e. The van der Waals surface area contributed by atoms with Crippen molar-refractivity contribution in [1.29, 1.82) is 0 Å². The molecule has 113 valence electrons. The average Bonchev–Trinajstić information content (AvgIpc) is 2.75. The summed E-state index contributed by atoms with van der Waals surface area (Å²) in [5.74, 6) is 0. The third-order valence-electron chi connectivity index (χ3n) is 4.29. The number of hydrogen-bond donors (Lipinski definition) is 2. The molecule has 5 heteroatoms. The number of urea groups is 1.